The Morgan fingerprint density at radius 3 is 2.57 bits per heavy atom. The van der Waals surface area contributed by atoms with Gasteiger partial charge in [0, 0.05) is 49.6 Å². The monoisotopic (exact) mass is 563 g/mol. The molecule has 1 amide bonds. The molecule has 3 heterocycles. The summed E-state index contributed by atoms with van der Waals surface area (Å²) >= 11 is 0. The summed E-state index contributed by atoms with van der Waals surface area (Å²) in [5.41, 5.74) is 4.54. The van der Waals surface area contributed by atoms with E-state index in [9.17, 15) is 4.79 Å². The van der Waals surface area contributed by atoms with E-state index < -0.39 is 0 Å². The Morgan fingerprint density at radius 1 is 0.976 bits per heavy atom. The highest BCUT2D eigenvalue weighted by atomic mass is 16.5. The van der Waals surface area contributed by atoms with Crippen molar-refractivity contribution in [1.82, 2.24) is 35.7 Å². The molecule has 2 atom stereocenters. The lowest BCUT2D eigenvalue weighted by molar-refractivity contribution is -0.124. The Hall–Kier alpha value is -4.47. The average Bonchev–Trinajstić information content (AvgIpc) is 3.64. The number of aromatic amines is 1. The predicted octanol–water partition coefficient (Wildman–Crippen LogP) is 3.56. The molecule has 9 heteroatoms. The van der Waals surface area contributed by atoms with Crippen molar-refractivity contribution in [2.24, 2.45) is 0 Å². The minimum absolute atomic E-state index is 0.0446. The summed E-state index contributed by atoms with van der Waals surface area (Å²) < 4.78 is 7.56. The zero-order chi connectivity index (χ0) is 28.7. The van der Waals surface area contributed by atoms with Crippen LogP contribution in [0.3, 0.4) is 0 Å². The summed E-state index contributed by atoms with van der Waals surface area (Å²) in [6.45, 7) is 2.78. The molecule has 1 aliphatic rings. The van der Waals surface area contributed by atoms with Crippen molar-refractivity contribution in [2.75, 3.05) is 26.7 Å². The lowest BCUT2D eigenvalue weighted by Gasteiger charge is -2.27. The van der Waals surface area contributed by atoms with E-state index in [2.05, 4.69) is 74.0 Å². The number of amides is 1. The number of piperazine rings is 1. The van der Waals surface area contributed by atoms with Gasteiger partial charge in [-0.15, -0.1) is 10.2 Å². The van der Waals surface area contributed by atoms with Crippen LogP contribution in [0.4, 0.5) is 0 Å². The van der Waals surface area contributed by atoms with Gasteiger partial charge < -0.3 is 30.2 Å². The molecule has 42 heavy (non-hydrogen) atoms. The molecule has 1 unspecified atom stereocenters. The second-order valence-electron chi connectivity index (χ2n) is 10.7. The van der Waals surface area contributed by atoms with E-state index in [0.29, 0.717) is 19.5 Å². The molecule has 1 aliphatic heterocycles. The number of nitrogens with one attached hydrogen (secondary N) is 4. The van der Waals surface area contributed by atoms with Crippen molar-refractivity contribution in [3.8, 4) is 5.75 Å². The van der Waals surface area contributed by atoms with Crippen LogP contribution in [-0.2, 0) is 30.6 Å². The first-order valence-electron chi connectivity index (χ1n) is 14.6. The number of aromatic nitrogens is 4. The van der Waals surface area contributed by atoms with Crippen LogP contribution in [0, 0.1) is 0 Å². The molecule has 5 aromatic rings. The smallest absolute Gasteiger partial charge is 0.239 e. The van der Waals surface area contributed by atoms with E-state index in [-0.39, 0.29) is 18.0 Å². The number of benzene rings is 3. The first kappa shape index (κ1) is 27.7. The van der Waals surface area contributed by atoms with E-state index in [1.165, 1.54) is 5.56 Å². The second-order valence-corrected chi connectivity index (χ2v) is 10.7. The standard InChI is InChI=1S/C33H37N7O2/c1-42-26-14-11-24(12-15-26)22-40-31(16-13-23-7-3-2-4-8-23)38-39-32(40)29(37-33(41)30-21-34-17-18-35-30)19-25-20-36-28-10-6-5-9-27(25)28/h2-12,14-15,20,29-30,34-36H,13,16-19,21-22H2,1H3,(H,37,41)/t29?,30-/m1/s1. The summed E-state index contributed by atoms with van der Waals surface area (Å²) in [5.74, 6) is 2.40. The van der Waals surface area contributed by atoms with Crippen LogP contribution in [0.25, 0.3) is 10.9 Å². The highest BCUT2D eigenvalue weighted by molar-refractivity contribution is 5.84. The van der Waals surface area contributed by atoms with Crippen LogP contribution >= 0.6 is 0 Å². The SMILES string of the molecule is COc1ccc(Cn2c(CCc3ccccc3)nnc2C(Cc2c[nH]c3ccccc23)NC(=O)[C@H]2CNCCN2)cc1. The van der Waals surface area contributed by atoms with E-state index in [0.717, 1.165) is 65.4 Å². The largest absolute Gasteiger partial charge is 0.497 e. The molecule has 3 aromatic carbocycles. The number of fused-ring (bicyclic) bond motifs is 1. The lowest BCUT2D eigenvalue weighted by atomic mass is 10.0. The molecule has 2 aromatic heterocycles. The van der Waals surface area contributed by atoms with Crippen LogP contribution in [0.5, 0.6) is 5.75 Å². The number of hydrogen-bond acceptors (Lipinski definition) is 6. The maximum Gasteiger partial charge on any atom is 0.239 e. The first-order chi connectivity index (χ1) is 20.7. The number of ether oxygens (including phenoxy) is 1. The lowest BCUT2D eigenvalue weighted by Crippen LogP contribution is -2.56. The van der Waals surface area contributed by atoms with Crippen molar-refractivity contribution < 1.29 is 9.53 Å². The number of methoxy groups -OCH3 is 1. The Balaban J connectivity index is 1.36. The molecule has 9 nitrogen and oxygen atoms in total. The maximum absolute atomic E-state index is 13.5. The molecular weight excluding hydrogens is 526 g/mol. The molecule has 0 aliphatic carbocycles. The number of para-hydroxylation sites is 1. The second kappa shape index (κ2) is 13.0. The van der Waals surface area contributed by atoms with Crippen LogP contribution in [0.1, 0.15) is 34.4 Å². The van der Waals surface area contributed by atoms with Gasteiger partial charge in [-0.2, -0.15) is 0 Å². The fourth-order valence-electron chi connectivity index (χ4n) is 5.62. The number of rotatable bonds is 11. The summed E-state index contributed by atoms with van der Waals surface area (Å²) in [4.78, 5) is 16.9. The molecule has 0 bridgehead atoms. The quantitative estimate of drug-likeness (QED) is 0.196. The molecule has 1 saturated heterocycles. The third kappa shape index (κ3) is 6.37. The van der Waals surface area contributed by atoms with E-state index in [1.54, 1.807) is 7.11 Å². The number of aryl methyl sites for hydroxylation is 2. The number of nitrogens with zero attached hydrogens (tertiary/aromatic N) is 3. The third-order valence-electron chi connectivity index (χ3n) is 7.92. The van der Waals surface area contributed by atoms with Crippen LogP contribution in [-0.4, -0.2) is 58.4 Å². The van der Waals surface area contributed by atoms with Gasteiger partial charge in [-0.3, -0.25) is 4.79 Å². The fourth-order valence-corrected chi connectivity index (χ4v) is 5.62. The maximum atomic E-state index is 13.5. The van der Waals surface area contributed by atoms with Gasteiger partial charge >= 0.3 is 0 Å². The normalized spacial score (nSPS) is 15.9. The van der Waals surface area contributed by atoms with Crippen molar-refractivity contribution in [1.29, 1.82) is 0 Å². The fraction of sp³-hybridized carbons (Fsp3) is 0.303. The molecule has 4 N–H and O–H groups in total. The van der Waals surface area contributed by atoms with Crippen molar-refractivity contribution >= 4 is 16.8 Å². The van der Waals surface area contributed by atoms with Gasteiger partial charge in [0.1, 0.15) is 11.6 Å². The van der Waals surface area contributed by atoms with Gasteiger partial charge in [-0.05, 0) is 41.3 Å². The van der Waals surface area contributed by atoms with Crippen molar-refractivity contribution in [2.45, 2.75) is 37.9 Å². The van der Waals surface area contributed by atoms with Crippen molar-refractivity contribution in [3.05, 3.63) is 113 Å². The van der Waals surface area contributed by atoms with Gasteiger partial charge in [0.05, 0.1) is 25.7 Å². The number of carbonyl (C=O) groups is 1. The minimum Gasteiger partial charge on any atom is -0.497 e. The summed E-state index contributed by atoms with van der Waals surface area (Å²) in [5, 5.41) is 20.6. The molecule has 0 spiro atoms. The van der Waals surface area contributed by atoms with Crippen LogP contribution in [0.2, 0.25) is 0 Å². The molecule has 1 fully saturated rings. The molecule has 6 rings (SSSR count). The van der Waals surface area contributed by atoms with Gasteiger partial charge in [-0.1, -0.05) is 60.7 Å². The topological polar surface area (TPSA) is 109 Å². The van der Waals surface area contributed by atoms with Crippen molar-refractivity contribution in [3.63, 3.8) is 0 Å². The predicted molar refractivity (Wildman–Crippen MR) is 164 cm³/mol. The Labute approximate surface area is 245 Å². The average molecular weight is 564 g/mol. The minimum atomic E-state index is -0.378. The number of carbonyl (C=O) groups excluding carboxylic acids is 1. The highest BCUT2D eigenvalue weighted by Crippen LogP contribution is 2.26. The molecule has 216 valence electrons. The summed E-state index contributed by atoms with van der Waals surface area (Å²) in [7, 11) is 1.67. The van der Waals surface area contributed by atoms with E-state index in [4.69, 9.17) is 14.9 Å². The van der Waals surface area contributed by atoms with Gasteiger partial charge in [-0.25, -0.2) is 0 Å². The zero-order valence-electron chi connectivity index (χ0n) is 23.8. The van der Waals surface area contributed by atoms with E-state index in [1.807, 2.05) is 36.5 Å². The van der Waals surface area contributed by atoms with Crippen LogP contribution in [0.15, 0.2) is 85.1 Å². The number of H-pyrrole nitrogens is 1. The summed E-state index contributed by atoms with van der Waals surface area (Å²) in [6.07, 6.45) is 4.19. The molecular formula is C33H37N7O2. The Morgan fingerprint density at radius 2 is 1.79 bits per heavy atom. The number of hydrogen-bond donors (Lipinski definition) is 4. The van der Waals surface area contributed by atoms with Crippen LogP contribution < -0.4 is 20.7 Å². The summed E-state index contributed by atoms with van der Waals surface area (Å²) in [6, 6.07) is 26.0. The third-order valence-corrected chi connectivity index (χ3v) is 7.92. The molecule has 0 saturated carbocycles. The van der Waals surface area contributed by atoms with Gasteiger partial charge in [0.15, 0.2) is 5.82 Å². The Bertz CT molecular complexity index is 1600. The highest BCUT2D eigenvalue weighted by Gasteiger charge is 2.28. The first-order valence-corrected chi connectivity index (χ1v) is 14.6. The van der Waals surface area contributed by atoms with Gasteiger partial charge in [0.25, 0.3) is 0 Å². The zero-order valence-corrected chi connectivity index (χ0v) is 23.8. The Kier molecular flexibility index (Phi) is 8.58. The molecule has 0 radical (unpaired) electrons. The van der Waals surface area contributed by atoms with Gasteiger partial charge in [0.2, 0.25) is 5.91 Å². The van der Waals surface area contributed by atoms with E-state index >= 15 is 0 Å².